The summed E-state index contributed by atoms with van der Waals surface area (Å²) in [5.74, 6) is 0.818. The minimum absolute atomic E-state index is 0.196. The molecule has 0 fully saturated rings. The molecule has 0 saturated heterocycles. The Balaban J connectivity index is 1.85. The first kappa shape index (κ1) is 18.3. The third kappa shape index (κ3) is 5.53. The molecule has 0 atom stereocenters. The van der Waals surface area contributed by atoms with Crippen LogP contribution in [0.3, 0.4) is 0 Å². The molecule has 2 aromatic carbocycles. The van der Waals surface area contributed by atoms with E-state index < -0.39 is 0 Å². The van der Waals surface area contributed by atoms with E-state index in [0.29, 0.717) is 17.2 Å². The number of benzene rings is 2. The maximum Gasteiger partial charge on any atom is 0.265 e. The first-order chi connectivity index (χ1) is 12.2. The molecule has 2 rings (SSSR count). The summed E-state index contributed by atoms with van der Waals surface area (Å²) in [5.41, 5.74) is 2.70. The van der Waals surface area contributed by atoms with E-state index in [2.05, 4.69) is 17.4 Å². The lowest BCUT2D eigenvalue weighted by molar-refractivity contribution is -0.120. The zero-order valence-corrected chi connectivity index (χ0v) is 14.6. The Hall–Kier alpha value is -3.02. The third-order valence-electron chi connectivity index (χ3n) is 3.54. The van der Waals surface area contributed by atoms with E-state index >= 15 is 0 Å². The molecule has 25 heavy (non-hydrogen) atoms. The van der Waals surface area contributed by atoms with E-state index in [9.17, 15) is 4.79 Å². The molecule has 132 valence electrons. The van der Waals surface area contributed by atoms with E-state index in [1.165, 1.54) is 12.7 Å². The van der Waals surface area contributed by atoms with Gasteiger partial charge >= 0.3 is 0 Å². The summed E-state index contributed by atoms with van der Waals surface area (Å²) < 4.78 is 10.3. The van der Waals surface area contributed by atoms with Crippen molar-refractivity contribution >= 4 is 17.8 Å². The number of carbonyl (C=O) groups excluding carboxylic acids is 1. The van der Waals surface area contributed by atoms with Crippen molar-refractivity contribution in [2.24, 2.45) is 5.16 Å². The molecular formula is C19H22N2O4. The van der Waals surface area contributed by atoms with Crippen molar-refractivity contribution in [1.82, 2.24) is 0 Å². The monoisotopic (exact) mass is 342 g/mol. The average molecular weight is 342 g/mol. The lowest BCUT2D eigenvalue weighted by Gasteiger charge is -2.11. The van der Waals surface area contributed by atoms with Crippen LogP contribution in [0.2, 0.25) is 0 Å². The number of aryl methyl sites for hydroxylation is 1. The van der Waals surface area contributed by atoms with E-state index in [0.717, 1.165) is 12.0 Å². The quantitative estimate of drug-likeness (QED) is 0.590. The molecule has 6 heteroatoms. The van der Waals surface area contributed by atoms with Crippen LogP contribution in [0.15, 0.2) is 47.6 Å². The number of rotatable bonds is 8. The Morgan fingerprint density at radius 3 is 2.52 bits per heavy atom. The molecule has 0 aliphatic heterocycles. The number of amides is 1. The molecule has 6 nitrogen and oxygen atoms in total. The number of methoxy groups -OCH3 is 2. The third-order valence-corrected chi connectivity index (χ3v) is 3.54. The molecule has 1 N–H and O–H groups in total. The second-order valence-electron chi connectivity index (χ2n) is 5.22. The molecule has 0 aliphatic carbocycles. The van der Waals surface area contributed by atoms with Crippen LogP contribution >= 0.6 is 0 Å². The average Bonchev–Trinajstić information content (AvgIpc) is 2.66. The normalized spacial score (nSPS) is 10.5. The number of ether oxygens (including phenoxy) is 2. The number of hydrogen-bond donors (Lipinski definition) is 1. The van der Waals surface area contributed by atoms with Crippen molar-refractivity contribution in [3.05, 3.63) is 53.6 Å². The standard InChI is InChI=1S/C19H22N2O4/c1-4-14-5-7-15(8-6-14)12-20-25-13-19(22)21-17-10-9-16(23-2)11-18(17)24-3/h5-12H,4,13H2,1-3H3,(H,21,22)/b20-12-. The fourth-order valence-electron chi connectivity index (χ4n) is 2.12. The van der Waals surface area contributed by atoms with E-state index in [-0.39, 0.29) is 12.5 Å². The Kier molecular flexibility index (Phi) is 6.83. The van der Waals surface area contributed by atoms with Gasteiger partial charge in [-0.25, -0.2) is 0 Å². The number of carbonyl (C=O) groups is 1. The molecular weight excluding hydrogens is 320 g/mol. The van der Waals surface area contributed by atoms with Gasteiger partial charge in [-0.05, 0) is 29.7 Å². The molecule has 0 heterocycles. The molecule has 0 radical (unpaired) electrons. The first-order valence-corrected chi connectivity index (χ1v) is 7.92. The van der Waals surface area contributed by atoms with Crippen LogP contribution in [-0.4, -0.2) is 32.9 Å². The molecule has 0 unspecified atom stereocenters. The highest BCUT2D eigenvalue weighted by Gasteiger charge is 2.09. The number of nitrogens with zero attached hydrogens (tertiary/aromatic N) is 1. The Bertz CT molecular complexity index is 727. The summed E-state index contributed by atoms with van der Waals surface area (Å²) in [4.78, 5) is 17.0. The van der Waals surface area contributed by atoms with Crippen molar-refractivity contribution in [3.8, 4) is 11.5 Å². The number of anilines is 1. The van der Waals surface area contributed by atoms with Crippen molar-refractivity contribution in [2.75, 3.05) is 26.1 Å². The fraction of sp³-hybridized carbons (Fsp3) is 0.263. The predicted octanol–water partition coefficient (Wildman–Crippen LogP) is 3.26. The van der Waals surface area contributed by atoms with Crippen molar-refractivity contribution in [2.45, 2.75) is 13.3 Å². The Morgan fingerprint density at radius 1 is 1.12 bits per heavy atom. The molecule has 0 saturated carbocycles. The summed E-state index contributed by atoms with van der Waals surface area (Å²) in [6.45, 7) is 1.90. The first-order valence-electron chi connectivity index (χ1n) is 7.92. The topological polar surface area (TPSA) is 69.2 Å². The van der Waals surface area contributed by atoms with E-state index in [4.69, 9.17) is 14.3 Å². The highest BCUT2D eigenvalue weighted by molar-refractivity contribution is 5.93. The van der Waals surface area contributed by atoms with Crippen LogP contribution in [0.4, 0.5) is 5.69 Å². The second-order valence-corrected chi connectivity index (χ2v) is 5.22. The maximum absolute atomic E-state index is 11.9. The largest absolute Gasteiger partial charge is 0.497 e. The number of oxime groups is 1. The molecule has 0 aromatic heterocycles. The van der Waals surface area contributed by atoms with Crippen LogP contribution in [0.25, 0.3) is 0 Å². The Morgan fingerprint density at radius 2 is 1.88 bits per heavy atom. The van der Waals surface area contributed by atoms with Gasteiger partial charge in [0.15, 0.2) is 6.61 Å². The summed E-state index contributed by atoms with van der Waals surface area (Å²) in [7, 11) is 3.09. The number of hydrogen-bond acceptors (Lipinski definition) is 5. The zero-order chi connectivity index (χ0) is 18.1. The molecule has 0 bridgehead atoms. The zero-order valence-electron chi connectivity index (χ0n) is 14.6. The van der Waals surface area contributed by atoms with Crippen molar-refractivity contribution < 1.29 is 19.1 Å². The number of nitrogens with one attached hydrogen (secondary N) is 1. The van der Waals surface area contributed by atoms with Crippen LogP contribution in [0, 0.1) is 0 Å². The second kappa shape index (κ2) is 9.32. The van der Waals surface area contributed by atoms with Crippen LogP contribution < -0.4 is 14.8 Å². The molecule has 2 aromatic rings. The minimum Gasteiger partial charge on any atom is -0.497 e. The van der Waals surface area contributed by atoms with Gasteiger partial charge in [0.2, 0.25) is 0 Å². The van der Waals surface area contributed by atoms with Gasteiger partial charge in [-0.1, -0.05) is 36.3 Å². The summed E-state index contributed by atoms with van der Waals surface area (Å²) in [5, 5.41) is 6.52. The SMILES string of the molecule is CCc1ccc(/C=N\OCC(=O)Nc2ccc(OC)cc2OC)cc1. The maximum atomic E-state index is 11.9. The highest BCUT2D eigenvalue weighted by atomic mass is 16.6. The lowest BCUT2D eigenvalue weighted by Crippen LogP contribution is -2.17. The molecule has 0 spiro atoms. The van der Waals surface area contributed by atoms with Gasteiger partial charge in [-0.2, -0.15) is 0 Å². The fourth-order valence-corrected chi connectivity index (χ4v) is 2.12. The van der Waals surface area contributed by atoms with Gasteiger partial charge in [0.25, 0.3) is 5.91 Å². The van der Waals surface area contributed by atoms with Gasteiger partial charge in [0.05, 0.1) is 26.1 Å². The highest BCUT2D eigenvalue weighted by Crippen LogP contribution is 2.28. The van der Waals surface area contributed by atoms with Gasteiger partial charge in [-0.3, -0.25) is 4.79 Å². The van der Waals surface area contributed by atoms with Crippen LogP contribution in [0.5, 0.6) is 11.5 Å². The van der Waals surface area contributed by atoms with Crippen LogP contribution in [0.1, 0.15) is 18.1 Å². The van der Waals surface area contributed by atoms with Crippen molar-refractivity contribution in [1.29, 1.82) is 0 Å². The van der Waals surface area contributed by atoms with Gasteiger partial charge in [-0.15, -0.1) is 0 Å². The van der Waals surface area contributed by atoms with Crippen molar-refractivity contribution in [3.63, 3.8) is 0 Å². The molecule has 1 amide bonds. The van der Waals surface area contributed by atoms with Crippen LogP contribution in [-0.2, 0) is 16.1 Å². The van der Waals surface area contributed by atoms with Gasteiger partial charge in [0, 0.05) is 6.07 Å². The van der Waals surface area contributed by atoms with E-state index in [1.54, 1.807) is 31.5 Å². The van der Waals surface area contributed by atoms with Gasteiger partial charge in [0.1, 0.15) is 11.5 Å². The predicted molar refractivity (Wildman–Crippen MR) is 97.5 cm³/mol. The minimum atomic E-state index is -0.332. The molecule has 0 aliphatic rings. The van der Waals surface area contributed by atoms with Gasteiger partial charge < -0.3 is 19.6 Å². The summed E-state index contributed by atoms with van der Waals surface area (Å²) >= 11 is 0. The lowest BCUT2D eigenvalue weighted by atomic mass is 10.1. The summed E-state index contributed by atoms with van der Waals surface area (Å²) in [6, 6.07) is 13.1. The Labute approximate surface area is 147 Å². The van der Waals surface area contributed by atoms with E-state index in [1.807, 2.05) is 24.3 Å². The summed E-state index contributed by atoms with van der Waals surface area (Å²) in [6.07, 6.45) is 2.56. The smallest absolute Gasteiger partial charge is 0.265 e.